The van der Waals surface area contributed by atoms with Crippen LogP contribution in [0.2, 0.25) is 0 Å². The number of carbonyl (C=O) groups is 1. The zero-order valence-electron chi connectivity index (χ0n) is 8.96. The first kappa shape index (κ1) is 9.97. The van der Waals surface area contributed by atoms with E-state index in [-0.39, 0.29) is 5.91 Å². The molecule has 0 aromatic heterocycles. The fourth-order valence-corrected chi connectivity index (χ4v) is 2.58. The second-order valence-corrected chi connectivity index (χ2v) is 4.86. The molecular weight excluding hydrogens is 176 g/mol. The third kappa shape index (κ3) is 1.54. The van der Waals surface area contributed by atoms with Crippen molar-refractivity contribution in [2.75, 3.05) is 7.05 Å². The molecule has 2 aliphatic rings. The molecular formula is C11H20N2O. The Morgan fingerprint density at radius 3 is 2.29 bits per heavy atom. The van der Waals surface area contributed by atoms with E-state index in [9.17, 15) is 4.79 Å². The van der Waals surface area contributed by atoms with Gasteiger partial charge in [0.25, 0.3) is 0 Å². The molecule has 1 amide bonds. The molecule has 0 bridgehead atoms. The lowest BCUT2D eigenvalue weighted by Crippen LogP contribution is -2.60. The Hall–Kier alpha value is -0.570. The van der Waals surface area contributed by atoms with Gasteiger partial charge >= 0.3 is 0 Å². The van der Waals surface area contributed by atoms with E-state index >= 15 is 0 Å². The monoisotopic (exact) mass is 196 g/mol. The predicted octanol–water partition coefficient (Wildman–Crippen LogP) is 1.27. The van der Waals surface area contributed by atoms with E-state index in [2.05, 4.69) is 0 Å². The third-order valence-electron chi connectivity index (χ3n) is 3.86. The van der Waals surface area contributed by atoms with Crippen LogP contribution in [0, 0.1) is 0 Å². The predicted molar refractivity (Wildman–Crippen MR) is 55.8 cm³/mol. The summed E-state index contributed by atoms with van der Waals surface area (Å²) in [7, 11) is 1.92. The van der Waals surface area contributed by atoms with Crippen LogP contribution >= 0.6 is 0 Å². The van der Waals surface area contributed by atoms with Gasteiger partial charge in [0.05, 0.1) is 5.54 Å². The summed E-state index contributed by atoms with van der Waals surface area (Å²) in [5.74, 6) is 0.177. The van der Waals surface area contributed by atoms with Gasteiger partial charge in [-0.25, -0.2) is 0 Å². The third-order valence-corrected chi connectivity index (χ3v) is 3.86. The minimum Gasteiger partial charge on any atom is -0.341 e. The van der Waals surface area contributed by atoms with E-state index in [0.29, 0.717) is 6.04 Å². The Bertz CT molecular complexity index is 229. The molecule has 0 heterocycles. The number of likely N-dealkylation sites (N-methyl/N-ethyl adjacent to an activating group) is 1. The van der Waals surface area contributed by atoms with Crippen LogP contribution in [-0.2, 0) is 4.79 Å². The maximum Gasteiger partial charge on any atom is 0.242 e. The highest BCUT2D eigenvalue weighted by Gasteiger charge is 2.43. The summed E-state index contributed by atoms with van der Waals surface area (Å²) in [6, 6.07) is 0.462. The maximum atomic E-state index is 12.0. The van der Waals surface area contributed by atoms with Crippen molar-refractivity contribution in [1.82, 2.24) is 4.90 Å². The molecule has 3 nitrogen and oxygen atoms in total. The number of carbonyl (C=O) groups excluding carboxylic acids is 1. The van der Waals surface area contributed by atoms with Gasteiger partial charge < -0.3 is 10.6 Å². The van der Waals surface area contributed by atoms with Gasteiger partial charge in [0.2, 0.25) is 5.91 Å². The van der Waals surface area contributed by atoms with Gasteiger partial charge in [0, 0.05) is 13.1 Å². The van der Waals surface area contributed by atoms with Crippen molar-refractivity contribution < 1.29 is 4.79 Å². The summed E-state index contributed by atoms with van der Waals surface area (Å²) < 4.78 is 0. The van der Waals surface area contributed by atoms with Crippen LogP contribution in [0.3, 0.4) is 0 Å². The smallest absolute Gasteiger partial charge is 0.242 e. The molecule has 0 unspecified atom stereocenters. The molecule has 2 fully saturated rings. The SMILES string of the molecule is CN(C(=O)C1(N)CCC1)C1CCCC1. The van der Waals surface area contributed by atoms with E-state index in [1.165, 1.54) is 25.7 Å². The fraction of sp³-hybridized carbons (Fsp3) is 0.909. The average molecular weight is 196 g/mol. The Morgan fingerprint density at radius 1 is 1.29 bits per heavy atom. The number of rotatable bonds is 2. The number of hydrogen-bond donors (Lipinski definition) is 1. The average Bonchev–Trinajstić information content (AvgIpc) is 2.64. The maximum absolute atomic E-state index is 12.0. The summed E-state index contributed by atoms with van der Waals surface area (Å²) in [4.78, 5) is 13.9. The van der Waals surface area contributed by atoms with Crippen LogP contribution in [-0.4, -0.2) is 29.4 Å². The van der Waals surface area contributed by atoms with Crippen LogP contribution in [0.4, 0.5) is 0 Å². The van der Waals surface area contributed by atoms with Crippen molar-refractivity contribution in [3.8, 4) is 0 Å². The van der Waals surface area contributed by atoms with Gasteiger partial charge in [0.1, 0.15) is 0 Å². The van der Waals surface area contributed by atoms with Crippen molar-refractivity contribution in [2.45, 2.75) is 56.5 Å². The van der Waals surface area contributed by atoms with Crippen LogP contribution in [0.25, 0.3) is 0 Å². The molecule has 2 rings (SSSR count). The molecule has 0 atom stereocenters. The van der Waals surface area contributed by atoms with E-state index in [4.69, 9.17) is 5.73 Å². The van der Waals surface area contributed by atoms with E-state index < -0.39 is 5.54 Å². The van der Waals surface area contributed by atoms with Gasteiger partial charge in [-0.05, 0) is 32.1 Å². The minimum atomic E-state index is -0.503. The summed E-state index contributed by atoms with van der Waals surface area (Å²) in [5.41, 5.74) is 5.52. The Morgan fingerprint density at radius 2 is 1.86 bits per heavy atom. The molecule has 14 heavy (non-hydrogen) atoms. The van der Waals surface area contributed by atoms with Crippen LogP contribution in [0.5, 0.6) is 0 Å². The molecule has 0 radical (unpaired) electrons. The lowest BCUT2D eigenvalue weighted by atomic mass is 9.76. The lowest BCUT2D eigenvalue weighted by molar-refractivity contribution is -0.140. The van der Waals surface area contributed by atoms with Gasteiger partial charge in [-0.15, -0.1) is 0 Å². The number of nitrogens with zero attached hydrogens (tertiary/aromatic N) is 1. The summed E-state index contributed by atoms with van der Waals surface area (Å²) in [5, 5.41) is 0. The molecule has 80 valence electrons. The van der Waals surface area contributed by atoms with Crippen molar-refractivity contribution >= 4 is 5.91 Å². The Labute approximate surface area is 85.6 Å². The second kappa shape index (κ2) is 3.54. The number of nitrogens with two attached hydrogens (primary N) is 1. The molecule has 0 aromatic carbocycles. The van der Waals surface area contributed by atoms with Gasteiger partial charge in [-0.3, -0.25) is 4.79 Å². The molecule has 2 aliphatic carbocycles. The Balaban J connectivity index is 1.96. The molecule has 2 saturated carbocycles. The van der Waals surface area contributed by atoms with Gasteiger partial charge in [-0.1, -0.05) is 12.8 Å². The normalized spacial score (nSPS) is 25.9. The molecule has 0 spiro atoms. The first-order chi connectivity index (χ1) is 6.63. The van der Waals surface area contributed by atoms with Gasteiger partial charge in [0.15, 0.2) is 0 Å². The quantitative estimate of drug-likeness (QED) is 0.723. The zero-order chi connectivity index (χ0) is 10.2. The highest BCUT2D eigenvalue weighted by molar-refractivity contribution is 5.87. The van der Waals surface area contributed by atoms with Crippen LogP contribution in [0.1, 0.15) is 44.9 Å². The molecule has 0 saturated heterocycles. The number of amides is 1. The van der Waals surface area contributed by atoms with Crippen LogP contribution < -0.4 is 5.73 Å². The highest BCUT2D eigenvalue weighted by atomic mass is 16.2. The first-order valence-electron chi connectivity index (χ1n) is 5.70. The topological polar surface area (TPSA) is 46.3 Å². The molecule has 0 aromatic rings. The zero-order valence-corrected chi connectivity index (χ0v) is 8.96. The van der Waals surface area contributed by atoms with Crippen molar-refractivity contribution in [3.05, 3.63) is 0 Å². The van der Waals surface area contributed by atoms with E-state index in [0.717, 1.165) is 19.3 Å². The molecule has 3 heteroatoms. The standard InChI is InChI=1S/C11H20N2O/c1-13(9-5-2-3-6-9)10(14)11(12)7-4-8-11/h9H,2-8,12H2,1H3. The molecule has 0 aliphatic heterocycles. The fourth-order valence-electron chi connectivity index (χ4n) is 2.58. The highest BCUT2D eigenvalue weighted by Crippen LogP contribution is 2.33. The van der Waals surface area contributed by atoms with E-state index in [1.807, 2.05) is 11.9 Å². The summed E-state index contributed by atoms with van der Waals surface area (Å²) >= 11 is 0. The molecule has 2 N–H and O–H groups in total. The van der Waals surface area contributed by atoms with Gasteiger partial charge in [-0.2, -0.15) is 0 Å². The van der Waals surface area contributed by atoms with E-state index in [1.54, 1.807) is 0 Å². The van der Waals surface area contributed by atoms with Crippen molar-refractivity contribution in [3.63, 3.8) is 0 Å². The first-order valence-corrected chi connectivity index (χ1v) is 5.70. The minimum absolute atomic E-state index is 0.177. The Kier molecular flexibility index (Phi) is 2.52. The largest absolute Gasteiger partial charge is 0.341 e. The second-order valence-electron chi connectivity index (χ2n) is 4.86. The van der Waals surface area contributed by atoms with Crippen molar-refractivity contribution in [2.24, 2.45) is 5.73 Å². The van der Waals surface area contributed by atoms with Crippen molar-refractivity contribution in [1.29, 1.82) is 0 Å². The summed E-state index contributed by atoms with van der Waals surface area (Å²) in [6.45, 7) is 0. The summed E-state index contributed by atoms with van der Waals surface area (Å²) in [6.07, 6.45) is 7.73. The van der Waals surface area contributed by atoms with Crippen LogP contribution in [0.15, 0.2) is 0 Å². The lowest BCUT2D eigenvalue weighted by Gasteiger charge is -2.41. The number of hydrogen-bond acceptors (Lipinski definition) is 2.